The van der Waals surface area contributed by atoms with Gasteiger partial charge in [-0.05, 0) is 79.1 Å². The van der Waals surface area contributed by atoms with E-state index in [4.69, 9.17) is 11.6 Å². The van der Waals surface area contributed by atoms with Crippen molar-refractivity contribution in [2.75, 3.05) is 13.1 Å². The second-order valence-electron chi connectivity index (χ2n) is 9.18. The lowest BCUT2D eigenvalue weighted by molar-refractivity contribution is -0.137. The third-order valence-electron chi connectivity index (χ3n) is 6.94. The number of Topliss-reactive ketones (excluding diaryl/α,β-unsaturated/α-hetero) is 1. The van der Waals surface area contributed by atoms with Gasteiger partial charge >= 0.3 is 6.18 Å². The molecule has 4 rings (SSSR count). The summed E-state index contributed by atoms with van der Waals surface area (Å²) >= 11 is 6.58. The van der Waals surface area contributed by atoms with Gasteiger partial charge in [0.25, 0.3) is 0 Å². The topological polar surface area (TPSA) is 37.4 Å². The van der Waals surface area contributed by atoms with Crippen molar-refractivity contribution in [3.8, 4) is 0 Å². The summed E-state index contributed by atoms with van der Waals surface area (Å²) in [5.74, 6) is -1.04. The van der Waals surface area contributed by atoms with Crippen molar-refractivity contribution >= 4 is 29.4 Å². The Balaban J connectivity index is 1.50. The first-order valence-electron chi connectivity index (χ1n) is 11.1. The standard InChI is InChI=1S/C26H24ClF4NO2/c1-16(33)13-18-15-25(24-20(18)3-2-4-22(24)27)9-11-32(12-10-25)23(34)8-5-17-14-19(28)6-7-21(17)26(29,30)31/h2-8,14,18H,9-13,15H2,1H3/b8-5+. The fourth-order valence-electron chi connectivity index (χ4n) is 5.46. The van der Waals surface area contributed by atoms with Crippen LogP contribution in [0.2, 0.25) is 5.02 Å². The van der Waals surface area contributed by atoms with E-state index in [9.17, 15) is 27.2 Å². The van der Waals surface area contributed by atoms with Crippen molar-refractivity contribution in [1.29, 1.82) is 0 Å². The molecule has 1 saturated heterocycles. The molecule has 0 bridgehead atoms. The van der Waals surface area contributed by atoms with Gasteiger partial charge in [0.2, 0.25) is 5.91 Å². The van der Waals surface area contributed by atoms with E-state index in [2.05, 4.69) is 0 Å². The maximum absolute atomic E-state index is 13.5. The fourth-order valence-corrected chi connectivity index (χ4v) is 5.84. The number of amides is 1. The summed E-state index contributed by atoms with van der Waals surface area (Å²) in [6, 6.07) is 7.93. The molecule has 180 valence electrons. The average Bonchev–Trinajstić information content (AvgIpc) is 3.05. The molecule has 34 heavy (non-hydrogen) atoms. The number of carbonyl (C=O) groups is 2. The lowest BCUT2D eigenvalue weighted by Crippen LogP contribution is -2.44. The van der Waals surface area contributed by atoms with Crippen molar-refractivity contribution in [2.45, 2.75) is 50.1 Å². The number of hydrogen-bond acceptors (Lipinski definition) is 2. The zero-order valence-electron chi connectivity index (χ0n) is 18.6. The van der Waals surface area contributed by atoms with Gasteiger partial charge in [0.05, 0.1) is 5.56 Å². The summed E-state index contributed by atoms with van der Waals surface area (Å²) in [5.41, 5.74) is 0.524. The molecule has 8 heteroatoms. The number of rotatable bonds is 4. The number of fused-ring (bicyclic) bond motifs is 2. The van der Waals surface area contributed by atoms with Crippen molar-refractivity contribution in [2.24, 2.45) is 0 Å². The summed E-state index contributed by atoms with van der Waals surface area (Å²) in [4.78, 5) is 26.1. The largest absolute Gasteiger partial charge is 0.416 e. The normalized spacial score (nSPS) is 19.6. The predicted octanol–water partition coefficient (Wildman–Crippen LogP) is 6.54. The SMILES string of the molecule is CC(=O)CC1CC2(CCN(C(=O)/C=C/c3cc(F)ccc3C(F)(F)F)CC2)c2c(Cl)cccc21. The molecule has 0 radical (unpaired) electrons. The molecule has 2 aromatic carbocycles. The summed E-state index contributed by atoms with van der Waals surface area (Å²) in [5, 5.41) is 0.661. The van der Waals surface area contributed by atoms with Crippen LogP contribution in [-0.4, -0.2) is 29.7 Å². The summed E-state index contributed by atoms with van der Waals surface area (Å²) in [6.07, 6.45) is -0.0623. The van der Waals surface area contributed by atoms with Crippen LogP contribution >= 0.6 is 11.6 Å². The Labute approximate surface area is 200 Å². The molecule has 0 saturated carbocycles. The molecule has 1 aliphatic heterocycles. The highest BCUT2D eigenvalue weighted by Crippen LogP contribution is 2.55. The Kier molecular flexibility index (Phi) is 6.60. The van der Waals surface area contributed by atoms with Crippen LogP contribution in [0.4, 0.5) is 17.6 Å². The number of nitrogens with zero attached hydrogens (tertiary/aromatic N) is 1. The van der Waals surface area contributed by atoms with Gasteiger partial charge in [-0.15, -0.1) is 0 Å². The second-order valence-corrected chi connectivity index (χ2v) is 9.59. The molecule has 0 N–H and O–H groups in total. The lowest BCUT2D eigenvalue weighted by atomic mass is 9.73. The number of carbonyl (C=O) groups excluding carboxylic acids is 2. The molecule has 2 aromatic rings. The minimum absolute atomic E-state index is 0.0853. The molecule has 1 fully saturated rings. The first kappa shape index (κ1) is 24.5. The van der Waals surface area contributed by atoms with E-state index in [-0.39, 0.29) is 17.1 Å². The zero-order chi connectivity index (χ0) is 24.7. The Bertz CT molecular complexity index is 1150. The van der Waals surface area contributed by atoms with Crippen LogP contribution in [0, 0.1) is 5.82 Å². The van der Waals surface area contributed by atoms with E-state index in [1.165, 1.54) is 0 Å². The number of ketones is 1. The molecule has 2 aliphatic rings. The number of piperidine rings is 1. The summed E-state index contributed by atoms with van der Waals surface area (Å²) in [6.45, 7) is 2.40. The molecule has 1 unspecified atom stereocenters. The highest BCUT2D eigenvalue weighted by molar-refractivity contribution is 6.31. The third-order valence-corrected chi connectivity index (χ3v) is 7.26. The van der Waals surface area contributed by atoms with Gasteiger partial charge in [-0.25, -0.2) is 4.39 Å². The fraction of sp³-hybridized carbons (Fsp3) is 0.385. The molecule has 0 aromatic heterocycles. The van der Waals surface area contributed by atoms with Crippen LogP contribution in [0.25, 0.3) is 6.08 Å². The molecule has 1 atom stereocenters. The van der Waals surface area contributed by atoms with E-state index in [1.54, 1.807) is 11.8 Å². The molecule has 1 aliphatic carbocycles. The summed E-state index contributed by atoms with van der Waals surface area (Å²) < 4.78 is 53.1. The summed E-state index contributed by atoms with van der Waals surface area (Å²) in [7, 11) is 0. The first-order chi connectivity index (χ1) is 16.0. The van der Waals surface area contributed by atoms with Crippen LogP contribution in [0.5, 0.6) is 0 Å². The van der Waals surface area contributed by atoms with E-state index in [1.807, 2.05) is 18.2 Å². The Morgan fingerprint density at radius 3 is 2.53 bits per heavy atom. The number of likely N-dealkylation sites (tertiary alicyclic amines) is 1. The minimum atomic E-state index is -4.65. The van der Waals surface area contributed by atoms with Gasteiger partial charge in [0.1, 0.15) is 11.6 Å². The second kappa shape index (κ2) is 9.17. The van der Waals surface area contributed by atoms with Gasteiger partial charge in [0.15, 0.2) is 0 Å². The molecule has 1 spiro atoms. The predicted molar refractivity (Wildman–Crippen MR) is 122 cm³/mol. The van der Waals surface area contributed by atoms with Crippen LogP contribution < -0.4 is 0 Å². The van der Waals surface area contributed by atoms with E-state index < -0.39 is 29.0 Å². The van der Waals surface area contributed by atoms with Crippen LogP contribution in [0.1, 0.15) is 60.8 Å². The third kappa shape index (κ3) is 4.76. The monoisotopic (exact) mass is 493 g/mol. The van der Waals surface area contributed by atoms with Gasteiger partial charge in [-0.3, -0.25) is 4.79 Å². The van der Waals surface area contributed by atoms with Crippen LogP contribution in [0.15, 0.2) is 42.5 Å². The highest BCUT2D eigenvalue weighted by atomic mass is 35.5. The maximum atomic E-state index is 13.5. The van der Waals surface area contributed by atoms with Crippen LogP contribution in [0.3, 0.4) is 0 Å². The molecule has 1 amide bonds. The number of hydrogen-bond donors (Lipinski definition) is 0. The van der Waals surface area contributed by atoms with Crippen molar-refractivity contribution < 1.29 is 27.2 Å². The van der Waals surface area contributed by atoms with E-state index >= 15 is 0 Å². The van der Waals surface area contributed by atoms with Crippen molar-refractivity contribution in [1.82, 2.24) is 4.90 Å². The minimum Gasteiger partial charge on any atom is -0.339 e. The molecule has 1 heterocycles. The smallest absolute Gasteiger partial charge is 0.339 e. The zero-order valence-corrected chi connectivity index (χ0v) is 19.3. The van der Waals surface area contributed by atoms with E-state index in [0.717, 1.165) is 41.8 Å². The first-order valence-corrected chi connectivity index (χ1v) is 11.5. The quantitative estimate of drug-likeness (QED) is 0.358. The molecular formula is C26H24ClF4NO2. The molecule has 3 nitrogen and oxygen atoms in total. The Morgan fingerprint density at radius 2 is 1.88 bits per heavy atom. The van der Waals surface area contributed by atoms with Gasteiger partial charge in [-0.1, -0.05) is 23.7 Å². The maximum Gasteiger partial charge on any atom is 0.416 e. The number of alkyl halides is 3. The average molecular weight is 494 g/mol. The van der Waals surface area contributed by atoms with Crippen LogP contribution in [-0.2, 0) is 21.2 Å². The lowest BCUT2D eigenvalue weighted by Gasteiger charge is -2.40. The van der Waals surface area contributed by atoms with Gasteiger partial charge in [0, 0.05) is 36.0 Å². The van der Waals surface area contributed by atoms with Gasteiger partial charge in [-0.2, -0.15) is 13.2 Å². The number of halogens is 5. The number of benzene rings is 2. The Morgan fingerprint density at radius 1 is 1.18 bits per heavy atom. The van der Waals surface area contributed by atoms with E-state index in [0.29, 0.717) is 43.4 Å². The molecular weight excluding hydrogens is 470 g/mol. The Hall–Kier alpha value is -2.67. The van der Waals surface area contributed by atoms with Gasteiger partial charge < -0.3 is 9.69 Å². The van der Waals surface area contributed by atoms with Crippen molar-refractivity contribution in [3.05, 3.63) is 75.6 Å². The van der Waals surface area contributed by atoms with Crippen molar-refractivity contribution in [3.63, 3.8) is 0 Å². The highest BCUT2D eigenvalue weighted by Gasteiger charge is 2.47.